The van der Waals surface area contributed by atoms with Gasteiger partial charge in [-0.2, -0.15) is 0 Å². The molecule has 2 heterocycles. The highest BCUT2D eigenvalue weighted by atomic mass is 32.2. The molecule has 3 aromatic rings. The highest BCUT2D eigenvalue weighted by Crippen LogP contribution is 2.26. The van der Waals surface area contributed by atoms with Gasteiger partial charge >= 0.3 is 0 Å². The summed E-state index contributed by atoms with van der Waals surface area (Å²) in [4.78, 5) is 23.9. The number of carbonyl (C=O) groups is 1. The molecule has 1 fully saturated rings. The van der Waals surface area contributed by atoms with Crippen LogP contribution in [0.15, 0.2) is 30.5 Å². The molecule has 34 heavy (non-hydrogen) atoms. The molecule has 180 valence electrons. The van der Waals surface area contributed by atoms with Crippen LogP contribution in [0.25, 0.3) is 11.0 Å². The number of fused-ring (bicyclic) bond motifs is 1. The Labute approximate surface area is 194 Å². The van der Waals surface area contributed by atoms with Crippen LogP contribution in [0.3, 0.4) is 0 Å². The predicted molar refractivity (Wildman–Crippen MR) is 121 cm³/mol. The number of piperazine rings is 1. The van der Waals surface area contributed by atoms with Crippen LogP contribution in [0, 0.1) is 17.5 Å². The average molecular weight is 494 g/mol. The number of halogens is 3. The average Bonchev–Trinajstić information content (AvgIpc) is 2.81. The summed E-state index contributed by atoms with van der Waals surface area (Å²) in [5.74, 6) is -5.17. The normalized spacial score (nSPS) is 14.5. The maximum absolute atomic E-state index is 15.0. The number of benzene rings is 2. The van der Waals surface area contributed by atoms with Crippen molar-refractivity contribution in [1.82, 2.24) is 15.3 Å². The molecule has 0 radical (unpaired) electrons. The van der Waals surface area contributed by atoms with E-state index in [0.717, 1.165) is 26.2 Å². The predicted octanol–water partition coefficient (Wildman–Crippen LogP) is 1.91. The lowest BCUT2D eigenvalue weighted by Crippen LogP contribution is -2.43. The zero-order chi connectivity index (χ0) is 24.5. The summed E-state index contributed by atoms with van der Waals surface area (Å²) in [6.07, 6.45) is 1.26. The van der Waals surface area contributed by atoms with Crippen LogP contribution in [-0.2, 0) is 16.4 Å². The number of hydrogen-bond donors (Lipinski definition) is 2. The lowest BCUT2D eigenvalue weighted by atomic mass is 9.97. The fourth-order valence-corrected chi connectivity index (χ4v) is 4.38. The van der Waals surface area contributed by atoms with Crippen molar-refractivity contribution in [2.45, 2.75) is 12.8 Å². The van der Waals surface area contributed by atoms with Gasteiger partial charge in [-0.1, -0.05) is 0 Å². The number of hydrogen-bond acceptors (Lipinski definition) is 7. The summed E-state index contributed by atoms with van der Waals surface area (Å²) in [6, 6.07) is 4.82. The number of ketones is 1. The first-order chi connectivity index (χ1) is 16.1. The van der Waals surface area contributed by atoms with E-state index < -0.39 is 44.6 Å². The van der Waals surface area contributed by atoms with E-state index in [4.69, 9.17) is 5.14 Å². The monoisotopic (exact) mass is 493 g/mol. The minimum absolute atomic E-state index is 0.0850. The van der Waals surface area contributed by atoms with Crippen molar-refractivity contribution >= 4 is 32.7 Å². The van der Waals surface area contributed by atoms with Gasteiger partial charge in [-0.15, -0.1) is 0 Å². The standard InChI is InChI=1S/C22H22F3N5O3S/c23-15-10-13(2-1-9-34(26,32)33)20(24)19(21(15)25)22(31)14-3-4-16-17(11-14)29-18(12-28-16)30-7-5-27-6-8-30/h3-4,10-12,27H,1-2,5-9H2,(H2,26,32,33). The maximum atomic E-state index is 15.0. The van der Waals surface area contributed by atoms with Gasteiger partial charge in [0.15, 0.2) is 17.4 Å². The van der Waals surface area contributed by atoms with Gasteiger partial charge in [0.05, 0.1) is 28.5 Å². The van der Waals surface area contributed by atoms with Crippen LogP contribution >= 0.6 is 0 Å². The molecule has 0 amide bonds. The molecule has 1 aromatic heterocycles. The second-order valence-electron chi connectivity index (χ2n) is 7.99. The minimum Gasteiger partial charge on any atom is -0.353 e. The summed E-state index contributed by atoms with van der Waals surface area (Å²) in [6.45, 7) is 3.03. The van der Waals surface area contributed by atoms with Gasteiger partial charge < -0.3 is 10.2 Å². The van der Waals surface area contributed by atoms with Gasteiger partial charge in [0.2, 0.25) is 10.0 Å². The first kappa shape index (κ1) is 24.0. The molecule has 0 spiro atoms. The van der Waals surface area contributed by atoms with Crippen molar-refractivity contribution < 1.29 is 26.4 Å². The molecular weight excluding hydrogens is 471 g/mol. The number of aryl methyl sites for hydroxylation is 1. The molecule has 8 nitrogen and oxygen atoms in total. The van der Waals surface area contributed by atoms with Gasteiger partial charge in [-0.25, -0.2) is 31.7 Å². The van der Waals surface area contributed by atoms with Gasteiger partial charge in [0.1, 0.15) is 11.6 Å². The Morgan fingerprint density at radius 1 is 1.09 bits per heavy atom. The van der Waals surface area contributed by atoms with Gasteiger partial charge in [0, 0.05) is 31.7 Å². The van der Waals surface area contributed by atoms with Crippen molar-refractivity contribution in [1.29, 1.82) is 0 Å². The third-order valence-electron chi connectivity index (χ3n) is 5.57. The number of primary sulfonamides is 1. The zero-order valence-corrected chi connectivity index (χ0v) is 18.8. The quantitative estimate of drug-likeness (QED) is 0.381. The largest absolute Gasteiger partial charge is 0.353 e. The number of carbonyl (C=O) groups excluding carboxylic acids is 1. The molecule has 1 aliphatic rings. The molecule has 0 bridgehead atoms. The maximum Gasteiger partial charge on any atom is 0.209 e. The summed E-state index contributed by atoms with van der Waals surface area (Å²) in [5, 5.41) is 8.15. The van der Waals surface area contributed by atoms with Gasteiger partial charge in [-0.3, -0.25) is 9.78 Å². The number of sulfonamides is 1. The zero-order valence-electron chi connectivity index (χ0n) is 18.0. The number of nitrogens with two attached hydrogens (primary N) is 1. The lowest BCUT2D eigenvalue weighted by molar-refractivity contribution is 0.102. The van der Waals surface area contributed by atoms with Gasteiger partial charge in [-0.05, 0) is 42.7 Å². The molecule has 1 aliphatic heterocycles. The first-order valence-corrected chi connectivity index (χ1v) is 12.3. The van der Waals surface area contributed by atoms with Crippen LogP contribution in [0.4, 0.5) is 19.0 Å². The summed E-state index contributed by atoms with van der Waals surface area (Å²) < 4.78 is 66.0. The topological polar surface area (TPSA) is 118 Å². The SMILES string of the molecule is NS(=O)(=O)CCCc1cc(F)c(F)c(C(=O)c2ccc3ncc(N4CCNCC4)nc3c2)c1F. The Kier molecular flexibility index (Phi) is 6.82. The molecule has 3 N–H and O–H groups in total. The van der Waals surface area contributed by atoms with E-state index in [0.29, 0.717) is 22.9 Å². The highest BCUT2D eigenvalue weighted by molar-refractivity contribution is 7.89. The Balaban J connectivity index is 1.67. The van der Waals surface area contributed by atoms with Crippen molar-refractivity contribution in [3.63, 3.8) is 0 Å². The van der Waals surface area contributed by atoms with E-state index in [1.807, 2.05) is 4.90 Å². The Bertz CT molecular complexity index is 1360. The van der Waals surface area contributed by atoms with Gasteiger partial charge in [0.25, 0.3) is 0 Å². The van der Waals surface area contributed by atoms with Crippen LogP contribution in [0.1, 0.15) is 27.9 Å². The molecular formula is C22H22F3N5O3S. The second-order valence-corrected chi connectivity index (χ2v) is 9.72. The summed E-state index contributed by atoms with van der Waals surface area (Å²) in [7, 11) is -3.80. The molecule has 0 atom stereocenters. The van der Waals surface area contributed by atoms with Crippen LogP contribution < -0.4 is 15.4 Å². The lowest BCUT2D eigenvalue weighted by Gasteiger charge is -2.28. The third kappa shape index (κ3) is 5.18. The first-order valence-electron chi connectivity index (χ1n) is 10.6. The molecule has 0 saturated carbocycles. The third-order valence-corrected chi connectivity index (χ3v) is 6.42. The molecule has 2 aromatic carbocycles. The van der Waals surface area contributed by atoms with E-state index in [1.54, 1.807) is 6.20 Å². The Morgan fingerprint density at radius 3 is 2.53 bits per heavy atom. The van der Waals surface area contributed by atoms with E-state index in [1.165, 1.54) is 18.2 Å². The highest BCUT2D eigenvalue weighted by Gasteiger charge is 2.26. The van der Waals surface area contributed by atoms with Crippen LogP contribution in [0.2, 0.25) is 0 Å². The molecule has 0 unspecified atom stereocenters. The Hall–Kier alpha value is -3.09. The molecule has 0 aliphatic carbocycles. The van der Waals surface area contributed by atoms with Crippen molar-refractivity contribution in [2.75, 3.05) is 36.8 Å². The number of nitrogens with zero attached hydrogens (tertiary/aromatic N) is 3. The van der Waals surface area contributed by atoms with E-state index >= 15 is 4.39 Å². The molecule has 12 heteroatoms. The fraction of sp³-hybridized carbons (Fsp3) is 0.318. The summed E-state index contributed by atoms with van der Waals surface area (Å²) >= 11 is 0. The van der Waals surface area contributed by atoms with E-state index in [2.05, 4.69) is 15.3 Å². The number of anilines is 1. The van der Waals surface area contributed by atoms with Crippen molar-refractivity contribution in [3.8, 4) is 0 Å². The van der Waals surface area contributed by atoms with Crippen LogP contribution in [0.5, 0.6) is 0 Å². The molecule has 1 saturated heterocycles. The smallest absolute Gasteiger partial charge is 0.209 e. The second kappa shape index (κ2) is 9.65. The minimum atomic E-state index is -3.80. The number of rotatable bonds is 7. The fourth-order valence-electron chi connectivity index (χ4n) is 3.83. The number of nitrogens with one attached hydrogen (secondary N) is 1. The van der Waals surface area contributed by atoms with E-state index in [9.17, 15) is 22.0 Å². The van der Waals surface area contributed by atoms with Crippen molar-refractivity contribution in [3.05, 3.63) is 64.6 Å². The summed E-state index contributed by atoms with van der Waals surface area (Å²) in [5.41, 5.74) is -0.603. The van der Waals surface area contributed by atoms with Crippen molar-refractivity contribution in [2.24, 2.45) is 5.14 Å². The Morgan fingerprint density at radius 2 is 1.82 bits per heavy atom. The van der Waals surface area contributed by atoms with Crippen LogP contribution in [-0.4, -0.2) is 56.1 Å². The van der Waals surface area contributed by atoms with E-state index in [-0.39, 0.29) is 24.0 Å². The molecule has 4 rings (SSSR count). The number of aromatic nitrogens is 2.